The van der Waals surface area contributed by atoms with Crippen LogP contribution in [0.25, 0.3) is 0 Å². The summed E-state index contributed by atoms with van der Waals surface area (Å²) in [6.07, 6.45) is 1.23. The largest absolute Gasteiger partial charge is 0.483 e. The molecule has 2 rings (SSSR count). The standard InChI is InChI=1S/C26H36N2O3/c1-6-22(25(30)27-7-2)28(18-17-20-13-9-8-10-14-20)24(29)19-31-23-16-12-11-15-21(23)26(3,4)5/h8-16,22H,6-7,17-19H2,1-5H3,(H,27,30)/t22-/m0/s1. The van der Waals surface area contributed by atoms with Gasteiger partial charge in [-0.2, -0.15) is 0 Å². The van der Waals surface area contributed by atoms with Crippen molar-refractivity contribution in [3.63, 3.8) is 0 Å². The first-order valence-electron chi connectivity index (χ1n) is 11.1. The Morgan fingerprint density at radius 3 is 2.26 bits per heavy atom. The fourth-order valence-corrected chi connectivity index (χ4v) is 3.62. The Morgan fingerprint density at radius 2 is 1.65 bits per heavy atom. The maximum atomic E-state index is 13.2. The van der Waals surface area contributed by atoms with E-state index in [4.69, 9.17) is 4.74 Å². The highest BCUT2D eigenvalue weighted by Gasteiger charge is 2.28. The van der Waals surface area contributed by atoms with E-state index in [9.17, 15) is 9.59 Å². The number of amides is 2. The number of carbonyl (C=O) groups is 2. The van der Waals surface area contributed by atoms with Crippen molar-refractivity contribution >= 4 is 11.8 Å². The Labute approximate surface area is 186 Å². The van der Waals surface area contributed by atoms with Crippen LogP contribution < -0.4 is 10.1 Å². The molecular weight excluding hydrogens is 388 g/mol. The van der Waals surface area contributed by atoms with Crippen molar-refractivity contribution in [2.24, 2.45) is 0 Å². The van der Waals surface area contributed by atoms with Crippen molar-refractivity contribution in [3.8, 4) is 5.75 Å². The van der Waals surface area contributed by atoms with Gasteiger partial charge in [0.15, 0.2) is 6.61 Å². The quantitative estimate of drug-likeness (QED) is 0.617. The first-order chi connectivity index (χ1) is 14.8. The minimum absolute atomic E-state index is 0.0976. The van der Waals surface area contributed by atoms with Crippen LogP contribution in [0.1, 0.15) is 52.2 Å². The van der Waals surface area contributed by atoms with Gasteiger partial charge in [-0.15, -0.1) is 0 Å². The number of nitrogens with zero attached hydrogens (tertiary/aromatic N) is 1. The summed E-state index contributed by atoms with van der Waals surface area (Å²) in [6, 6.07) is 17.3. The van der Waals surface area contributed by atoms with Crippen molar-refractivity contribution in [2.75, 3.05) is 19.7 Å². The normalized spacial score (nSPS) is 12.2. The molecule has 0 aliphatic carbocycles. The smallest absolute Gasteiger partial charge is 0.261 e. The zero-order valence-corrected chi connectivity index (χ0v) is 19.5. The summed E-state index contributed by atoms with van der Waals surface area (Å²) >= 11 is 0. The van der Waals surface area contributed by atoms with Crippen molar-refractivity contribution in [3.05, 3.63) is 65.7 Å². The van der Waals surface area contributed by atoms with Crippen LogP contribution in [0.3, 0.4) is 0 Å². The van der Waals surface area contributed by atoms with Crippen LogP contribution in [0, 0.1) is 0 Å². The van der Waals surface area contributed by atoms with Gasteiger partial charge in [-0.3, -0.25) is 9.59 Å². The SMILES string of the molecule is CCNC(=O)[C@H](CC)N(CCc1ccccc1)C(=O)COc1ccccc1C(C)(C)C. The number of likely N-dealkylation sites (N-methyl/N-ethyl adjacent to an activating group) is 1. The molecule has 0 heterocycles. The van der Waals surface area contributed by atoms with Crippen LogP contribution >= 0.6 is 0 Å². The van der Waals surface area contributed by atoms with E-state index in [2.05, 4.69) is 26.1 Å². The molecule has 0 aliphatic heterocycles. The second-order valence-corrected chi connectivity index (χ2v) is 8.68. The van der Waals surface area contributed by atoms with E-state index < -0.39 is 6.04 Å². The van der Waals surface area contributed by atoms with Crippen LogP contribution in [-0.4, -0.2) is 42.5 Å². The summed E-state index contributed by atoms with van der Waals surface area (Å²) in [5, 5.41) is 2.86. The first kappa shape index (κ1) is 24.4. The maximum Gasteiger partial charge on any atom is 0.261 e. The third-order valence-corrected chi connectivity index (χ3v) is 5.27. The summed E-state index contributed by atoms with van der Waals surface area (Å²) < 4.78 is 5.97. The van der Waals surface area contributed by atoms with E-state index in [0.29, 0.717) is 31.7 Å². The molecule has 1 atom stereocenters. The monoisotopic (exact) mass is 424 g/mol. The molecule has 0 bridgehead atoms. The molecule has 2 amide bonds. The van der Waals surface area contributed by atoms with Gasteiger partial charge in [0, 0.05) is 13.1 Å². The van der Waals surface area contributed by atoms with Gasteiger partial charge in [-0.1, -0.05) is 76.2 Å². The Morgan fingerprint density at radius 1 is 1.00 bits per heavy atom. The van der Waals surface area contributed by atoms with E-state index >= 15 is 0 Å². The summed E-state index contributed by atoms with van der Waals surface area (Å²) in [6.45, 7) is 11.1. The molecule has 2 aromatic carbocycles. The van der Waals surface area contributed by atoms with Gasteiger partial charge in [0.2, 0.25) is 5.91 Å². The third-order valence-electron chi connectivity index (χ3n) is 5.27. The minimum atomic E-state index is -0.516. The molecular formula is C26H36N2O3. The van der Waals surface area contributed by atoms with Gasteiger partial charge in [-0.25, -0.2) is 0 Å². The number of hydrogen-bond donors (Lipinski definition) is 1. The number of nitrogens with one attached hydrogen (secondary N) is 1. The molecule has 0 aliphatic rings. The Kier molecular flexibility index (Phi) is 9.10. The van der Waals surface area contributed by atoms with Gasteiger partial charge in [0.1, 0.15) is 11.8 Å². The van der Waals surface area contributed by atoms with Crippen LogP contribution in [0.15, 0.2) is 54.6 Å². The highest BCUT2D eigenvalue weighted by Crippen LogP contribution is 2.31. The second-order valence-electron chi connectivity index (χ2n) is 8.68. The molecule has 0 unspecified atom stereocenters. The molecule has 1 N–H and O–H groups in total. The molecule has 0 saturated heterocycles. The zero-order chi connectivity index (χ0) is 22.9. The van der Waals surface area contributed by atoms with E-state index in [-0.39, 0.29) is 23.8 Å². The predicted octanol–water partition coefficient (Wildman–Crippen LogP) is 4.35. The number of para-hydroxylation sites is 1. The van der Waals surface area contributed by atoms with Crippen molar-refractivity contribution in [1.29, 1.82) is 0 Å². The third kappa shape index (κ3) is 7.12. The van der Waals surface area contributed by atoms with Gasteiger partial charge in [0.25, 0.3) is 5.91 Å². The molecule has 0 saturated carbocycles. The number of rotatable bonds is 10. The number of benzene rings is 2. The zero-order valence-electron chi connectivity index (χ0n) is 19.5. The lowest BCUT2D eigenvalue weighted by molar-refractivity contribution is -0.142. The molecule has 168 valence electrons. The highest BCUT2D eigenvalue weighted by molar-refractivity contribution is 5.88. The Balaban J connectivity index is 2.18. The summed E-state index contributed by atoms with van der Waals surface area (Å²) in [5.74, 6) is 0.400. The van der Waals surface area contributed by atoms with Crippen molar-refractivity contribution in [2.45, 2.75) is 58.9 Å². The van der Waals surface area contributed by atoms with E-state index in [1.807, 2.05) is 68.4 Å². The van der Waals surface area contributed by atoms with Gasteiger partial charge >= 0.3 is 0 Å². The van der Waals surface area contributed by atoms with Crippen molar-refractivity contribution in [1.82, 2.24) is 10.2 Å². The fraction of sp³-hybridized carbons (Fsp3) is 0.462. The molecule has 5 heteroatoms. The van der Waals surface area contributed by atoms with Gasteiger partial charge < -0.3 is 15.0 Å². The lowest BCUT2D eigenvalue weighted by Crippen LogP contribution is -2.51. The first-order valence-corrected chi connectivity index (χ1v) is 11.1. The lowest BCUT2D eigenvalue weighted by Gasteiger charge is -2.31. The predicted molar refractivity (Wildman–Crippen MR) is 125 cm³/mol. The number of carbonyl (C=O) groups excluding carboxylic acids is 2. The molecule has 0 spiro atoms. The summed E-state index contributed by atoms with van der Waals surface area (Å²) in [4.78, 5) is 27.5. The van der Waals surface area contributed by atoms with E-state index in [1.165, 1.54) is 0 Å². The van der Waals surface area contributed by atoms with Gasteiger partial charge in [-0.05, 0) is 42.4 Å². The second kappa shape index (κ2) is 11.5. The van der Waals surface area contributed by atoms with Crippen molar-refractivity contribution < 1.29 is 14.3 Å². The van der Waals surface area contributed by atoms with Crippen LogP contribution in [0.2, 0.25) is 0 Å². The molecule has 0 fully saturated rings. The molecule has 2 aromatic rings. The number of hydrogen-bond acceptors (Lipinski definition) is 3. The molecule has 31 heavy (non-hydrogen) atoms. The lowest BCUT2D eigenvalue weighted by atomic mass is 9.86. The maximum absolute atomic E-state index is 13.2. The Hall–Kier alpha value is -2.82. The number of ether oxygens (including phenoxy) is 1. The minimum Gasteiger partial charge on any atom is -0.483 e. The van der Waals surface area contributed by atoms with Gasteiger partial charge in [0.05, 0.1) is 0 Å². The Bertz CT molecular complexity index is 843. The average Bonchev–Trinajstić information content (AvgIpc) is 2.75. The summed E-state index contributed by atoms with van der Waals surface area (Å²) in [5.41, 5.74) is 2.08. The fourth-order valence-electron chi connectivity index (χ4n) is 3.62. The molecule has 0 radical (unpaired) electrons. The highest BCUT2D eigenvalue weighted by atomic mass is 16.5. The molecule has 5 nitrogen and oxygen atoms in total. The topological polar surface area (TPSA) is 58.6 Å². The summed E-state index contributed by atoms with van der Waals surface area (Å²) in [7, 11) is 0. The van der Waals surface area contributed by atoms with E-state index in [0.717, 1.165) is 11.1 Å². The average molecular weight is 425 g/mol. The van der Waals surface area contributed by atoms with Crippen LogP contribution in [0.4, 0.5) is 0 Å². The van der Waals surface area contributed by atoms with Crippen LogP contribution in [0.5, 0.6) is 5.75 Å². The molecule has 0 aromatic heterocycles. The van der Waals surface area contributed by atoms with Crippen LogP contribution in [-0.2, 0) is 21.4 Å². The van der Waals surface area contributed by atoms with E-state index in [1.54, 1.807) is 4.90 Å².